The molecule has 1 aliphatic heterocycles. The fraction of sp³-hybridized carbons (Fsp3) is 0.520. The Bertz CT molecular complexity index is 1120. The van der Waals surface area contributed by atoms with Crippen LogP contribution in [-0.4, -0.2) is 66.3 Å². The van der Waals surface area contributed by atoms with Crippen molar-refractivity contribution in [2.45, 2.75) is 50.6 Å². The number of fused-ring (bicyclic) bond motifs is 1. The Morgan fingerprint density at radius 1 is 1.23 bits per heavy atom. The molecule has 1 aromatic heterocycles. The molecule has 35 heavy (non-hydrogen) atoms. The first kappa shape index (κ1) is 24.6. The number of aromatic nitrogens is 1. The smallest absolute Gasteiger partial charge is 0.270 e. The van der Waals surface area contributed by atoms with E-state index in [4.69, 9.17) is 10.5 Å². The Balaban J connectivity index is 1.51. The van der Waals surface area contributed by atoms with Crippen LogP contribution < -0.4 is 21.1 Å². The minimum atomic E-state index is -0.987. The van der Waals surface area contributed by atoms with Gasteiger partial charge in [0.2, 0.25) is 17.7 Å². The lowest BCUT2D eigenvalue weighted by atomic mass is 9.91. The van der Waals surface area contributed by atoms with E-state index < -0.39 is 23.9 Å². The van der Waals surface area contributed by atoms with E-state index in [0.29, 0.717) is 36.7 Å². The predicted octanol–water partition coefficient (Wildman–Crippen LogP) is 1.30. The Morgan fingerprint density at radius 2 is 2.00 bits per heavy atom. The maximum atomic E-state index is 13.4. The Morgan fingerprint density at radius 3 is 2.66 bits per heavy atom. The van der Waals surface area contributed by atoms with Gasteiger partial charge in [-0.2, -0.15) is 0 Å². The summed E-state index contributed by atoms with van der Waals surface area (Å²) in [5, 5.41) is 6.29. The molecule has 2 heterocycles. The van der Waals surface area contributed by atoms with Crippen LogP contribution in [0.2, 0.25) is 0 Å². The maximum Gasteiger partial charge on any atom is 0.270 e. The van der Waals surface area contributed by atoms with E-state index in [-0.39, 0.29) is 24.2 Å². The Labute approximate surface area is 203 Å². The zero-order valence-electron chi connectivity index (χ0n) is 20.1. The minimum absolute atomic E-state index is 0.132. The standard InChI is InChI=1S/C25H33N5O5/c1-30(25(34)19-13-16-17(28-19)6-3-7-21(16)35-2)20(11-14-8-9-14)24(33)29-18(22(26)31)12-15-5-4-10-27-23(15)32/h3,6-7,13-15,18,20,28H,4-5,8-12H2,1-2H3,(H2,26,31)(H,27,32)(H,29,33)/t15-,18?,20?/m0/s1. The van der Waals surface area contributed by atoms with Crippen molar-refractivity contribution in [1.82, 2.24) is 20.5 Å². The van der Waals surface area contributed by atoms with Gasteiger partial charge in [-0.15, -0.1) is 0 Å². The highest BCUT2D eigenvalue weighted by Gasteiger charge is 2.37. The largest absolute Gasteiger partial charge is 0.496 e. The Kier molecular flexibility index (Phi) is 7.28. The zero-order valence-corrected chi connectivity index (χ0v) is 20.1. The summed E-state index contributed by atoms with van der Waals surface area (Å²) in [4.78, 5) is 55.5. The number of rotatable bonds is 10. The van der Waals surface area contributed by atoms with Gasteiger partial charge in [0.25, 0.3) is 5.91 Å². The molecule has 4 rings (SSSR count). The molecule has 0 bridgehead atoms. The first-order valence-electron chi connectivity index (χ1n) is 12.1. The number of carbonyl (C=O) groups is 4. The molecule has 1 aromatic carbocycles. The number of carbonyl (C=O) groups excluding carboxylic acids is 4. The number of hydrogen-bond acceptors (Lipinski definition) is 5. The molecule has 2 fully saturated rings. The first-order chi connectivity index (χ1) is 16.8. The number of benzene rings is 1. The molecule has 1 saturated carbocycles. The van der Waals surface area contributed by atoms with E-state index in [1.807, 2.05) is 18.2 Å². The van der Waals surface area contributed by atoms with Crippen molar-refractivity contribution in [1.29, 1.82) is 0 Å². The summed E-state index contributed by atoms with van der Waals surface area (Å²) in [7, 11) is 3.16. The topological polar surface area (TPSA) is 147 Å². The third-order valence-electron chi connectivity index (χ3n) is 7.00. The summed E-state index contributed by atoms with van der Waals surface area (Å²) in [6.45, 7) is 0.610. The van der Waals surface area contributed by atoms with E-state index >= 15 is 0 Å². The van der Waals surface area contributed by atoms with Crippen molar-refractivity contribution in [2.75, 3.05) is 20.7 Å². The lowest BCUT2D eigenvalue weighted by Gasteiger charge is -2.30. The van der Waals surface area contributed by atoms with Crippen molar-refractivity contribution in [2.24, 2.45) is 17.6 Å². The van der Waals surface area contributed by atoms with Crippen molar-refractivity contribution in [3.05, 3.63) is 30.0 Å². The number of primary amides is 1. The highest BCUT2D eigenvalue weighted by molar-refractivity contribution is 6.01. The van der Waals surface area contributed by atoms with Crippen LogP contribution in [0, 0.1) is 11.8 Å². The van der Waals surface area contributed by atoms with Crippen LogP contribution in [0.5, 0.6) is 5.75 Å². The van der Waals surface area contributed by atoms with Crippen LogP contribution in [-0.2, 0) is 14.4 Å². The summed E-state index contributed by atoms with van der Waals surface area (Å²) in [5.41, 5.74) is 6.67. The predicted molar refractivity (Wildman–Crippen MR) is 130 cm³/mol. The summed E-state index contributed by atoms with van der Waals surface area (Å²) in [6.07, 6.45) is 4.08. The summed E-state index contributed by atoms with van der Waals surface area (Å²) in [6, 6.07) is 5.45. The van der Waals surface area contributed by atoms with Gasteiger partial charge in [0.05, 0.1) is 7.11 Å². The highest BCUT2D eigenvalue weighted by atomic mass is 16.5. The fourth-order valence-corrected chi connectivity index (χ4v) is 4.72. The number of H-pyrrole nitrogens is 1. The van der Waals surface area contributed by atoms with Gasteiger partial charge in [0, 0.05) is 30.4 Å². The normalized spacial score (nSPS) is 19.5. The number of hydrogen-bond donors (Lipinski definition) is 4. The van der Waals surface area contributed by atoms with Gasteiger partial charge < -0.3 is 31.0 Å². The number of ether oxygens (including phenoxy) is 1. The molecule has 1 saturated heterocycles. The molecule has 5 N–H and O–H groups in total. The summed E-state index contributed by atoms with van der Waals surface area (Å²) >= 11 is 0. The van der Waals surface area contributed by atoms with Gasteiger partial charge in [-0.1, -0.05) is 18.9 Å². The molecular weight excluding hydrogens is 450 g/mol. The van der Waals surface area contributed by atoms with E-state index in [1.54, 1.807) is 20.2 Å². The number of nitrogens with two attached hydrogens (primary N) is 1. The molecule has 2 aliphatic rings. The third kappa shape index (κ3) is 5.58. The van der Waals surface area contributed by atoms with Crippen molar-refractivity contribution in [3.8, 4) is 5.75 Å². The van der Waals surface area contributed by atoms with Gasteiger partial charge in [-0.05, 0) is 49.8 Å². The van der Waals surface area contributed by atoms with Crippen LogP contribution >= 0.6 is 0 Å². The van der Waals surface area contributed by atoms with E-state index in [0.717, 1.165) is 30.2 Å². The molecule has 10 nitrogen and oxygen atoms in total. The molecule has 2 unspecified atom stereocenters. The summed E-state index contributed by atoms with van der Waals surface area (Å²) < 4.78 is 5.38. The lowest BCUT2D eigenvalue weighted by molar-refractivity contribution is -0.132. The van der Waals surface area contributed by atoms with Crippen molar-refractivity contribution < 1.29 is 23.9 Å². The van der Waals surface area contributed by atoms with E-state index in [9.17, 15) is 19.2 Å². The number of aromatic amines is 1. The van der Waals surface area contributed by atoms with Crippen LogP contribution in [0.25, 0.3) is 10.9 Å². The molecule has 0 spiro atoms. The van der Waals surface area contributed by atoms with Crippen LogP contribution in [0.1, 0.15) is 49.0 Å². The van der Waals surface area contributed by atoms with Gasteiger partial charge in [0.1, 0.15) is 23.5 Å². The quantitative estimate of drug-likeness (QED) is 0.402. The van der Waals surface area contributed by atoms with Crippen LogP contribution in [0.15, 0.2) is 24.3 Å². The van der Waals surface area contributed by atoms with Gasteiger partial charge >= 0.3 is 0 Å². The second kappa shape index (κ2) is 10.4. The third-order valence-corrected chi connectivity index (χ3v) is 7.00. The number of likely N-dealkylation sites (N-methyl/N-ethyl adjacent to an activating group) is 1. The zero-order chi connectivity index (χ0) is 25.1. The highest BCUT2D eigenvalue weighted by Crippen LogP contribution is 2.35. The van der Waals surface area contributed by atoms with Gasteiger partial charge in [-0.3, -0.25) is 19.2 Å². The monoisotopic (exact) mass is 483 g/mol. The number of nitrogens with zero attached hydrogens (tertiary/aromatic N) is 1. The first-order valence-corrected chi connectivity index (χ1v) is 12.1. The minimum Gasteiger partial charge on any atom is -0.496 e. The van der Waals surface area contributed by atoms with E-state index in [2.05, 4.69) is 15.6 Å². The number of methoxy groups -OCH3 is 1. The van der Waals surface area contributed by atoms with Gasteiger partial charge in [-0.25, -0.2) is 0 Å². The maximum absolute atomic E-state index is 13.4. The molecule has 2 aromatic rings. The molecule has 1 aliphatic carbocycles. The molecule has 0 radical (unpaired) electrons. The van der Waals surface area contributed by atoms with Gasteiger partial charge in [0.15, 0.2) is 0 Å². The average molecular weight is 484 g/mol. The number of nitrogens with one attached hydrogen (secondary N) is 3. The van der Waals surface area contributed by atoms with Crippen LogP contribution in [0.4, 0.5) is 0 Å². The molecule has 188 valence electrons. The second-order valence-electron chi connectivity index (χ2n) is 9.54. The molecule has 4 amide bonds. The second-order valence-corrected chi connectivity index (χ2v) is 9.54. The van der Waals surface area contributed by atoms with E-state index in [1.165, 1.54) is 4.90 Å². The van der Waals surface area contributed by atoms with Crippen molar-refractivity contribution in [3.63, 3.8) is 0 Å². The number of piperidine rings is 1. The molecular formula is C25H33N5O5. The molecule has 10 heteroatoms. The summed E-state index contributed by atoms with van der Waals surface area (Å²) in [5.74, 6) is -1.01. The Hall–Kier alpha value is -3.56. The fourth-order valence-electron chi connectivity index (χ4n) is 4.72. The van der Waals surface area contributed by atoms with Crippen LogP contribution in [0.3, 0.4) is 0 Å². The molecule has 3 atom stereocenters. The SMILES string of the molecule is COc1cccc2[nH]c(C(=O)N(C)C(CC3CC3)C(=O)NC(C[C@@H]3CCCNC3=O)C(N)=O)cc12. The average Bonchev–Trinajstić information content (AvgIpc) is 3.56. The van der Waals surface area contributed by atoms with Crippen molar-refractivity contribution >= 4 is 34.5 Å². The lowest BCUT2D eigenvalue weighted by Crippen LogP contribution is -2.54. The number of amides is 4.